The van der Waals surface area contributed by atoms with Gasteiger partial charge in [0.1, 0.15) is 4.90 Å². The summed E-state index contributed by atoms with van der Waals surface area (Å²) in [6.07, 6.45) is 2.33. The smallest absolute Gasteiger partial charge is 0.243 e. The van der Waals surface area contributed by atoms with E-state index >= 15 is 0 Å². The summed E-state index contributed by atoms with van der Waals surface area (Å²) in [5, 5.41) is 8.12. The second-order valence-electron chi connectivity index (χ2n) is 11.2. The predicted molar refractivity (Wildman–Crippen MR) is 144 cm³/mol. The Morgan fingerprint density at radius 3 is 2.26 bits per heavy atom. The minimum atomic E-state index is -3.94. The van der Waals surface area contributed by atoms with Crippen LogP contribution in [0.4, 0.5) is 5.69 Å². The van der Waals surface area contributed by atoms with Gasteiger partial charge < -0.3 is 15.6 Å². The lowest BCUT2D eigenvalue weighted by Crippen LogP contribution is -2.45. The van der Waals surface area contributed by atoms with Crippen molar-refractivity contribution < 1.29 is 13.2 Å². The van der Waals surface area contributed by atoms with Crippen LogP contribution >= 0.6 is 23.2 Å². The van der Waals surface area contributed by atoms with Gasteiger partial charge in [-0.25, -0.2) is 13.1 Å². The molecule has 0 aliphatic carbocycles. The molecule has 0 spiro atoms. The number of aromatic nitrogens is 1. The predicted octanol–water partition coefficient (Wildman–Crippen LogP) is 5.81. The Morgan fingerprint density at radius 1 is 1.03 bits per heavy atom. The molecule has 0 unspecified atom stereocenters. The lowest BCUT2D eigenvalue weighted by atomic mass is 9.82. The lowest BCUT2D eigenvalue weighted by Gasteiger charge is -2.33. The monoisotopic (exact) mass is 538 g/mol. The molecule has 10 heteroatoms. The molecule has 2 heterocycles. The maximum atomic E-state index is 13.6. The quantitative estimate of drug-likeness (QED) is 0.317. The average Bonchev–Trinajstić information content (AvgIpc) is 3.33. The summed E-state index contributed by atoms with van der Waals surface area (Å²) in [5.41, 5.74) is 0.718. The topological polar surface area (TPSA) is 103 Å². The van der Waals surface area contributed by atoms with Gasteiger partial charge in [0.25, 0.3) is 0 Å². The van der Waals surface area contributed by atoms with Gasteiger partial charge >= 0.3 is 0 Å². The van der Waals surface area contributed by atoms with E-state index in [1.54, 1.807) is 18.2 Å². The number of carbonyl (C=O) groups is 1. The molecule has 2 aromatic carbocycles. The molecule has 0 saturated carbocycles. The van der Waals surface area contributed by atoms with Crippen molar-refractivity contribution in [2.45, 2.75) is 70.4 Å². The Labute approximate surface area is 216 Å². The molecule has 1 atom stereocenters. The first-order valence-corrected chi connectivity index (χ1v) is 13.9. The number of H-pyrrole nitrogens is 1. The third kappa shape index (κ3) is 5.78. The minimum absolute atomic E-state index is 0.0454. The van der Waals surface area contributed by atoms with Crippen LogP contribution < -0.4 is 15.4 Å². The SMILES string of the molecule is CC(C)(C)CC(C)(C)NS(=O)(=O)c1cc(Cl)cc2c1[nH]c1c(NC(=O)[C@@H]3CCCN3)cc(Cl)cc12. The highest BCUT2D eigenvalue weighted by atomic mass is 35.5. The van der Waals surface area contributed by atoms with E-state index < -0.39 is 15.6 Å². The van der Waals surface area contributed by atoms with Gasteiger partial charge in [0.2, 0.25) is 15.9 Å². The van der Waals surface area contributed by atoms with Crippen LogP contribution in [0.3, 0.4) is 0 Å². The molecular weight excluding hydrogens is 507 g/mol. The van der Waals surface area contributed by atoms with Crippen LogP contribution in [0.2, 0.25) is 10.0 Å². The molecule has 4 rings (SSSR count). The molecule has 190 valence electrons. The van der Waals surface area contributed by atoms with E-state index in [9.17, 15) is 13.2 Å². The second-order valence-corrected chi connectivity index (χ2v) is 13.7. The maximum absolute atomic E-state index is 13.6. The summed E-state index contributed by atoms with van der Waals surface area (Å²) in [6.45, 7) is 10.7. The Balaban J connectivity index is 1.83. The number of rotatable bonds is 6. The van der Waals surface area contributed by atoms with Gasteiger partial charge in [-0.2, -0.15) is 0 Å². The zero-order valence-corrected chi connectivity index (χ0v) is 22.9. The van der Waals surface area contributed by atoms with Crippen LogP contribution in [0.15, 0.2) is 29.2 Å². The first-order chi connectivity index (χ1) is 16.2. The van der Waals surface area contributed by atoms with Gasteiger partial charge in [-0.3, -0.25) is 4.79 Å². The zero-order chi connectivity index (χ0) is 25.8. The number of amides is 1. The van der Waals surface area contributed by atoms with E-state index in [4.69, 9.17) is 23.2 Å². The molecule has 1 aromatic heterocycles. The molecule has 3 aromatic rings. The Bertz CT molecular complexity index is 1400. The number of aromatic amines is 1. The van der Waals surface area contributed by atoms with Crippen molar-refractivity contribution in [2.24, 2.45) is 5.41 Å². The largest absolute Gasteiger partial charge is 0.352 e. The Morgan fingerprint density at radius 2 is 1.66 bits per heavy atom. The number of anilines is 1. The van der Waals surface area contributed by atoms with Crippen molar-refractivity contribution in [1.29, 1.82) is 0 Å². The number of halogens is 2. The van der Waals surface area contributed by atoms with Crippen LogP contribution in [0, 0.1) is 5.41 Å². The highest BCUT2D eigenvalue weighted by molar-refractivity contribution is 7.89. The molecule has 1 aliphatic heterocycles. The summed E-state index contributed by atoms with van der Waals surface area (Å²) in [4.78, 5) is 16.1. The van der Waals surface area contributed by atoms with Crippen molar-refractivity contribution in [3.05, 3.63) is 34.3 Å². The molecule has 1 fully saturated rings. The number of benzene rings is 2. The van der Waals surface area contributed by atoms with Crippen LogP contribution in [0.25, 0.3) is 21.8 Å². The number of sulfonamides is 1. The van der Waals surface area contributed by atoms with Gasteiger partial charge in [0, 0.05) is 26.4 Å². The zero-order valence-electron chi connectivity index (χ0n) is 20.6. The molecule has 7 nitrogen and oxygen atoms in total. The van der Waals surface area contributed by atoms with Crippen molar-refractivity contribution in [1.82, 2.24) is 15.0 Å². The molecule has 0 radical (unpaired) electrons. The van der Waals surface area contributed by atoms with Crippen molar-refractivity contribution in [3.8, 4) is 0 Å². The van der Waals surface area contributed by atoms with Gasteiger partial charge in [-0.15, -0.1) is 0 Å². The Hall–Kier alpha value is -1.84. The maximum Gasteiger partial charge on any atom is 0.243 e. The number of fused-ring (bicyclic) bond motifs is 3. The van der Waals surface area contributed by atoms with Gasteiger partial charge in [-0.1, -0.05) is 44.0 Å². The molecule has 1 amide bonds. The average molecular weight is 540 g/mol. The number of nitrogens with one attached hydrogen (secondary N) is 4. The normalized spacial score (nSPS) is 17.4. The fraction of sp³-hybridized carbons (Fsp3) is 0.480. The van der Waals surface area contributed by atoms with Crippen molar-refractivity contribution >= 4 is 66.6 Å². The van der Waals surface area contributed by atoms with Crippen LogP contribution in [-0.4, -0.2) is 37.4 Å². The highest BCUT2D eigenvalue weighted by Gasteiger charge is 2.32. The van der Waals surface area contributed by atoms with E-state index in [2.05, 4.69) is 41.1 Å². The third-order valence-electron chi connectivity index (χ3n) is 6.02. The van der Waals surface area contributed by atoms with Gasteiger partial charge in [0.05, 0.1) is 22.8 Å². The summed E-state index contributed by atoms with van der Waals surface area (Å²) in [5.74, 6) is -0.152. The van der Waals surface area contributed by atoms with Gasteiger partial charge in [0.15, 0.2) is 0 Å². The first kappa shape index (κ1) is 26.2. The van der Waals surface area contributed by atoms with Crippen molar-refractivity contribution in [2.75, 3.05) is 11.9 Å². The number of hydrogen-bond donors (Lipinski definition) is 4. The van der Waals surface area contributed by atoms with Crippen LogP contribution in [-0.2, 0) is 14.8 Å². The molecular formula is C25H32Cl2N4O3S. The number of carbonyl (C=O) groups excluding carboxylic acids is 1. The van der Waals surface area contributed by atoms with E-state index in [1.807, 2.05) is 13.8 Å². The molecule has 4 N–H and O–H groups in total. The molecule has 1 aliphatic rings. The minimum Gasteiger partial charge on any atom is -0.352 e. The third-order valence-corrected chi connectivity index (χ3v) is 8.18. The lowest BCUT2D eigenvalue weighted by molar-refractivity contribution is -0.117. The first-order valence-electron chi connectivity index (χ1n) is 11.7. The van der Waals surface area contributed by atoms with Crippen molar-refractivity contribution in [3.63, 3.8) is 0 Å². The summed E-state index contributed by atoms with van der Waals surface area (Å²) >= 11 is 12.8. The van der Waals surface area contributed by atoms with E-state index in [-0.39, 0.29) is 27.3 Å². The molecule has 1 saturated heterocycles. The molecule has 0 bridgehead atoms. The fourth-order valence-electron chi connectivity index (χ4n) is 5.22. The standard InChI is InChI=1S/C25H32Cl2N4O3S/c1-24(2,3)13-25(4,5)31-35(33,34)20-12-15(27)10-17-16-9-14(26)11-19(21(16)30-22(17)20)29-23(32)18-7-6-8-28-18/h9-12,18,28,30-31H,6-8,13H2,1-5H3,(H,29,32)/t18-/m0/s1. The second kappa shape index (κ2) is 9.23. The van der Waals surface area contributed by atoms with E-state index in [0.717, 1.165) is 19.4 Å². The van der Waals surface area contributed by atoms with Crippen LogP contribution in [0.5, 0.6) is 0 Å². The van der Waals surface area contributed by atoms with Gasteiger partial charge in [-0.05, 0) is 69.3 Å². The van der Waals surface area contributed by atoms with E-state index in [0.29, 0.717) is 38.9 Å². The summed E-state index contributed by atoms with van der Waals surface area (Å²) < 4.78 is 30.0. The van der Waals surface area contributed by atoms with Crippen LogP contribution in [0.1, 0.15) is 53.9 Å². The summed E-state index contributed by atoms with van der Waals surface area (Å²) in [6, 6.07) is 6.27. The number of hydrogen-bond acceptors (Lipinski definition) is 4. The molecule has 35 heavy (non-hydrogen) atoms. The fourth-order valence-corrected chi connectivity index (χ4v) is 7.34. The summed E-state index contributed by atoms with van der Waals surface area (Å²) in [7, 11) is -3.94. The highest BCUT2D eigenvalue weighted by Crippen LogP contribution is 2.38. The Kier molecular flexibility index (Phi) is 6.92. The van der Waals surface area contributed by atoms with E-state index in [1.165, 1.54) is 6.07 Å².